The van der Waals surface area contributed by atoms with E-state index in [4.69, 9.17) is 8.83 Å². The molecule has 0 amide bonds. The van der Waals surface area contributed by atoms with Gasteiger partial charge in [0.25, 0.3) is 5.89 Å². The first-order chi connectivity index (χ1) is 10.6. The predicted molar refractivity (Wildman–Crippen MR) is 79.3 cm³/mol. The number of piperidine rings is 1. The van der Waals surface area contributed by atoms with Crippen molar-refractivity contribution in [2.24, 2.45) is 5.92 Å². The number of likely N-dealkylation sites (tertiary alicyclic amines) is 1. The molecule has 1 fully saturated rings. The van der Waals surface area contributed by atoms with Crippen LogP contribution in [-0.4, -0.2) is 45.5 Å². The van der Waals surface area contributed by atoms with Crippen LogP contribution in [0, 0.1) is 5.92 Å². The predicted octanol–water partition coefficient (Wildman–Crippen LogP) is 1.19. The summed E-state index contributed by atoms with van der Waals surface area (Å²) in [7, 11) is 0. The van der Waals surface area contributed by atoms with Crippen molar-refractivity contribution in [3.63, 3.8) is 0 Å². The summed E-state index contributed by atoms with van der Waals surface area (Å²) in [6.07, 6.45) is 3.14. The second-order valence-electron chi connectivity index (χ2n) is 5.97. The van der Waals surface area contributed by atoms with Crippen molar-refractivity contribution in [1.82, 2.24) is 14.7 Å². The van der Waals surface area contributed by atoms with Crippen LogP contribution in [0.15, 0.2) is 32.0 Å². The summed E-state index contributed by atoms with van der Waals surface area (Å²) in [4.78, 5) is 14.0. The van der Waals surface area contributed by atoms with Gasteiger partial charge in [0, 0.05) is 6.54 Å². The van der Waals surface area contributed by atoms with Gasteiger partial charge in [-0.3, -0.25) is 0 Å². The summed E-state index contributed by atoms with van der Waals surface area (Å²) in [6.45, 7) is 4.89. The van der Waals surface area contributed by atoms with Crippen LogP contribution in [0.1, 0.15) is 19.8 Å². The highest BCUT2D eigenvalue weighted by molar-refractivity contribution is 5.42. The molecule has 1 saturated heterocycles. The SMILES string of the molecule is CC1CCN(C[C@H](O)Cn2nc(-c3ccco3)oc2=O)CC1. The molecule has 1 N–H and O–H groups in total. The van der Waals surface area contributed by atoms with E-state index in [2.05, 4.69) is 16.9 Å². The lowest BCUT2D eigenvalue weighted by Crippen LogP contribution is -2.40. The molecule has 22 heavy (non-hydrogen) atoms. The molecule has 3 heterocycles. The standard InChI is InChI=1S/C15H21N3O4/c1-11-4-6-17(7-5-11)9-12(19)10-18-15(20)22-14(16-18)13-3-2-8-21-13/h2-3,8,11-12,19H,4-7,9-10H2,1H3/t12-/m0/s1. The molecule has 0 aromatic carbocycles. The number of hydrogen-bond acceptors (Lipinski definition) is 6. The maximum Gasteiger partial charge on any atom is 0.437 e. The molecule has 3 rings (SSSR count). The number of β-amino-alcohol motifs (C(OH)–C–C–N with tert-alkyl or cyclic N) is 1. The summed E-state index contributed by atoms with van der Waals surface area (Å²) >= 11 is 0. The smallest absolute Gasteiger partial charge is 0.437 e. The number of aliphatic hydroxyl groups is 1. The van der Waals surface area contributed by atoms with Crippen molar-refractivity contribution in [3.05, 3.63) is 28.9 Å². The molecule has 0 aliphatic carbocycles. The second kappa shape index (κ2) is 6.50. The average molecular weight is 307 g/mol. The van der Waals surface area contributed by atoms with Crippen LogP contribution < -0.4 is 5.76 Å². The summed E-state index contributed by atoms with van der Waals surface area (Å²) in [6, 6.07) is 3.36. The van der Waals surface area contributed by atoms with Crippen LogP contribution in [0.2, 0.25) is 0 Å². The monoisotopic (exact) mass is 307 g/mol. The van der Waals surface area contributed by atoms with E-state index in [1.807, 2.05) is 0 Å². The molecule has 2 aromatic rings. The molecule has 0 spiro atoms. The molecule has 1 aliphatic heterocycles. The summed E-state index contributed by atoms with van der Waals surface area (Å²) in [5, 5.41) is 14.2. The van der Waals surface area contributed by atoms with Crippen LogP contribution in [0.3, 0.4) is 0 Å². The molecule has 120 valence electrons. The first-order valence-corrected chi connectivity index (χ1v) is 7.64. The Morgan fingerprint density at radius 3 is 2.86 bits per heavy atom. The minimum absolute atomic E-state index is 0.120. The van der Waals surface area contributed by atoms with E-state index in [0.29, 0.717) is 12.3 Å². The van der Waals surface area contributed by atoms with Gasteiger partial charge in [0.15, 0.2) is 5.76 Å². The van der Waals surface area contributed by atoms with Crippen molar-refractivity contribution in [2.75, 3.05) is 19.6 Å². The molecular formula is C15H21N3O4. The van der Waals surface area contributed by atoms with E-state index < -0.39 is 11.9 Å². The molecule has 7 heteroatoms. The van der Waals surface area contributed by atoms with Gasteiger partial charge >= 0.3 is 5.76 Å². The Hall–Kier alpha value is -1.86. The highest BCUT2D eigenvalue weighted by Crippen LogP contribution is 2.17. The van der Waals surface area contributed by atoms with Crippen LogP contribution in [0.25, 0.3) is 11.7 Å². The zero-order valence-corrected chi connectivity index (χ0v) is 12.6. The molecule has 7 nitrogen and oxygen atoms in total. The zero-order valence-electron chi connectivity index (χ0n) is 12.6. The molecule has 0 radical (unpaired) electrons. The second-order valence-corrected chi connectivity index (χ2v) is 5.97. The summed E-state index contributed by atoms with van der Waals surface area (Å²) in [5.74, 6) is 0.699. The lowest BCUT2D eigenvalue weighted by molar-refractivity contribution is 0.0763. The highest BCUT2D eigenvalue weighted by atomic mass is 16.4. The number of nitrogens with zero attached hydrogens (tertiary/aromatic N) is 3. The Morgan fingerprint density at radius 2 is 2.18 bits per heavy atom. The number of hydrogen-bond donors (Lipinski definition) is 1. The normalized spacial score (nSPS) is 18.6. The van der Waals surface area contributed by atoms with Gasteiger partial charge in [-0.1, -0.05) is 6.92 Å². The van der Waals surface area contributed by atoms with Crippen molar-refractivity contribution < 1.29 is 13.9 Å². The van der Waals surface area contributed by atoms with E-state index in [1.165, 1.54) is 6.26 Å². The van der Waals surface area contributed by atoms with Gasteiger partial charge in [0.05, 0.1) is 18.9 Å². The van der Waals surface area contributed by atoms with Gasteiger partial charge in [-0.15, -0.1) is 5.10 Å². The molecule has 0 bridgehead atoms. The van der Waals surface area contributed by atoms with Gasteiger partial charge in [0.2, 0.25) is 0 Å². The van der Waals surface area contributed by atoms with Crippen molar-refractivity contribution in [1.29, 1.82) is 0 Å². The lowest BCUT2D eigenvalue weighted by atomic mass is 9.99. The van der Waals surface area contributed by atoms with Crippen LogP contribution >= 0.6 is 0 Å². The van der Waals surface area contributed by atoms with Gasteiger partial charge in [0.1, 0.15) is 0 Å². The Morgan fingerprint density at radius 1 is 1.41 bits per heavy atom. The van der Waals surface area contributed by atoms with Gasteiger partial charge < -0.3 is 18.8 Å². The van der Waals surface area contributed by atoms with Crippen molar-refractivity contribution >= 4 is 0 Å². The fourth-order valence-electron chi connectivity index (χ4n) is 2.72. The van der Waals surface area contributed by atoms with E-state index in [1.54, 1.807) is 12.1 Å². The maximum absolute atomic E-state index is 11.8. The average Bonchev–Trinajstić information content (AvgIpc) is 3.12. The van der Waals surface area contributed by atoms with E-state index in [0.717, 1.165) is 36.5 Å². The number of aliphatic hydroxyl groups excluding tert-OH is 1. The fraction of sp³-hybridized carbons (Fsp3) is 0.600. The molecule has 1 atom stereocenters. The first-order valence-electron chi connectivity index (χ1n) is 7.64. The molecule has 2 aromatic heterocycles. The Kier molecular flexibility index (Phi) is 4.44. The van der Waals surface area contributed by atoms with Crippen LogP contribution in [0.4, 0.5) is 0 Å². The highest BCUT2D eigenvalue weighted by Gasteiger charge is 2.20. The Bertz CT molecular complexity index is 638. The number of furan rings is 1. The molecular weight excluding hydrogens is 286 g/mol. The van der Waals surface area contributed by atoms with E-state index in [-0.39, 0.29) is 12.4 Å². The number of aromatic nitrogens is 2. The van der Waals surface area contributed by atoms with Crippen molar-refractivity contribution in [2.45, 2.75) is 32.4 Å². The van der Waals surface area contributed by atoms with Gasteiger partial charge in [-0.25, -0.2) is 4.79 Å². The lowest BCUT2D eigenvalue weighted by Gasteiger charge is -2.31. The van der Waals surface area contributed by atoms with Gasteiger partial charge in [-0.05, 0) is 44.0 Å². The van der Waals surface area contributed by atoms with Gasteiger partial charge in [-0.2, -0.15) is 4.68 Å². The van der Waals surface area contributed by atoms with E-state index >= 15 is 0 Å². The van der Waals surface area contributed by atoms with Crippen LogP contribution in [-0.2, 0) is 6.54 Å². The van der Waals surface area contributed by atoms with Crippen LogP contribution in [0.5, 0.6) is 0 Å². The maximum atomic E-state index is 11.8. The minimum Gasteiger partial charge on any atom is -0.459 e. The molecule has 1 aliphatic rings. The third-order valence-corrected chi connectivity index (χ3v) is 4.07. The Labute approximate surface area is 128 Å². The third kappa shape index (κ3) is 3.48. The first kappa shape index (κ1) is 15.1. The third-order valence-electron chi connectivity index (χ3n) is 4.07. The van der Waals surface area contributed by atoms with E-state index in [9.17, 15) is 9.90 Å². The minimum atomic E-state index is -0.652. The van der Waals surface area contributed by atoms with Crippen molar-refractivity contribution in [3.8, 4) is 11.7 Å². The summed E-state index contributed by atoms with van der Waals surface area (Å²) in [5.41, 5.74) is 0. The topological polar surface area (TPSA) is 84.6 Å². The zero-order chi connectivity index (χ0) is 15.5. The quantitative estimate of drug-likeness (QED) is 0.893. The molecule has 0 saturated carbocycles. The molecule has 0 unspecified atom stereocenters. The Balaban J connectivity index is 1.59. The largest absolute Gasteiger partial charge is 0.459 e. The number of rotatable bonds is 5. The fourth-order valence-corrected chi connectivity index (χ4v) is 2.72. The summed E-state index contributed by atoms with van der Waals surface area (Å²) < 4.78 is 11.3.